The van der Waals surface area contributed by atoms with Crippen LogP contribution in [0.3, 0.4) is 0 Å². The SMILES string of the molecule is Nc1ccccc1C(=O)N/N=C/c1ccc(C(F)(F)F)cc1. The molecule has 0 saturated carbocycles. The molecule has 7 heteroatoms. The van der Waals surface area contributed by atoms with E-state index in [1.54, 1.807) is 18.2 Å². The number of nitrogen functional groups attached to an aromatic ring is 1. The molecule has 0 heterocycles. The highest BCUT2D eigenvalue weighted by atomic mass is 19.4. The molecule has 4 nitrogen and oxygen atoms in total. The molecule has 2 aromatic rings. The molecular formula is C15H12F3N3O. The number of hydrazone groups is 1. The number of hydrogen-bond acceptors (Lipinski definition) is 3. The Bertz CT molecular complexity index is 694. The number of halogens is 3. The van der Waals surface area contributed by atoms with Crippen molar-refractivity contribution in [2.24, 2.45) is 5.10 Å². The van der Waals surface area contributed by atoms with Gasteiger partial charge in [0.05, 0.1) is 17.3 Å². The van der Waals surface area contributed by atoms with Gasteiger partial charge in [0.1, 0.15) is 0 Å². The van der Waals surface area contributed by atoms with E-state index in [0.717, 1.165) is 12.1 Å². The molecule has 0 spiro atoms. The van der Waals surface area contributed by atoms with Crippen LogP contribution in [0.2, 0.25) is 0 Å². The van der Waals surface area contributed by atoms with Crippen LogP contribution < -0.4 is 11.2 Å². The van der Waals surface area contributed by atoms with Gasteiger partial charge in [-0.05, 0) is 29.8 Å². The summed E-state index contributed by atoms with van der Waals surface area (Å²) in [5.74, 6) is -0.499. The molecule has 0 aliphatic rings. The fourth-order valence-electron chi connectivity index (χ4n) is 1.69. The van der Waals surface area contributed by atoms with Crippen LogP contribution in [0.4, 0.5) is 18.9 Å². The molecule has 0 aliphatic heterocycles. The number of nitrogens with one attached hydrogen (secondary N) is 1. The maximum absolute atomic E-state index is 12.4. The van der Waals surface area contributed by atoms with Gasteiger partial charge in [0.2, 0.25) is 0 Å². The first-order valence-electron chi connectivity index (χ1n) is 6.23. The Kier molecular flexibility index (Phi) is 4.45. The lowest BCUT2D eigenvalue weighted by atomic mass is 10.1. The quantitative estimate of drug-likeness (QED) is 0.520. The summed E-state index contributed by atoms with van der Waals surface area (Å²) in [6.45, 7) is 0. The summed E-state index contributed by atoms with van der Waals surface area (Å²) in [4.78, 5) is 11.8. The second kappa shape index (κ2) is 6.30. The standard InChI is InChI=1S/C15H12F3N3O/c16-15(17,18)11-7-5-10(6-8-11)9-20-21-14(22)12-3-1-2-4-13(12)19/h1-9H,19H2,(H,21,22)/b20-9+. The Morgan fingerprint density at radius 1 is 1.09 bits per heavy atom. The Balaban J connectivity index is 2.01. The van der Waals surface area contributed by atoms with Crippen molar-refractivity contribution in [3.05, 3.63) is 65.2 Å². The van der Waals surface area contributed by atoms with Gasteiger partial charge in [0.15, 0.2) is 0 Å². The first kappa shape index (κ1) is 15.6. The zero-order valence-electron chi connectivity index (χ0n) is 11.3. The van der Waals surface area contributed by atoms with Crippen LogP contribution in [0, 0.1) is 0 Å². The molecule has 2 rings (SSSR count). The summed E-state index contributed by atoms with van der Waals surface area (Å²) in [6, 6.07) is 10.9. The van der Waals surface area contributed by atoms with E-state index in [1.807, 2.05) is 0 Å². The number of anilines is 1. The minimum absolute atomic E-state index is 0.270. The van der Waals surface area contributed by atoms with Crippen molar-refractivity contribution in [1.29, 1.82) is 0 Å². The van der Waals surface area contributed by atoms with Crippen LogP contribution in [-0.4, -0.2) is 12.1 Å². The molecule has 2 aromatic carbocycles. The molecule has 0 bridgehead atoms. The van der Waals surface area contributed by atoms with Gasteiger partial charge >= 0.3 is 6.18 Å². The number of rotatable bonds is 3. The Labute approximate surface area is 124 Å². The van der Waals surface area contributed by atoms with Gasteiger partial charge in [-0.2, -0.15) is 18.3 Å². The number of para-hydroxylation sites is 1. The lowest BCUT2D eigenvalue weighted by Crippen LogP contribution is -2.19. The van der Waals surface area contributed by atoms with Crippen molar-refractivity contribution < 1.29 is 18.0 Å². The van der Waals surface area contributed by atoms with Crippen LogP contribution >= 0.6 is 0 Å². The summed E-state index contributed by atoms with van der Waals surface area (Å²) in [6.07, 6.45) is -3.13. The Hall–Kier alpha value is -2.83. The van der Waals surface area contributed by atoms with Crippen molar-refractivity contribution in [1.82, 2.24) is 5.43 Å². The van der Waals surface area contributed by atoms with E-state index in [2.05, 4.69) is 10.5 Å². The number of nitrogens with zero attached hydrogens (tertiary/aromatic N) is 1. The zero-order chi connectivity index (χ0) is 16.2. The van der Waals surface area contributed by atoms with Crippen LogP contribution in [0.1, 0.15) is 21.5 Å². The second-order valence-electron chi connectivity index (χ2n) is 4.41. The monoisotopic (exact) mass is 307 g/mol. The average Bonchev–Trinajstić information content (AvgIpc) is 2.47. The van der Waals surface area contributed by atoms with E-state index < -0.39 is 17.6 Å². The first-order chi connectivity index (χ1) is 10.4. The summed E-state index contributed by atoms with van der Waals surface area (Å²) >= 11 is 0. The normalized spacial score (nSPS) is 11.6. The average molecular weight is 307 g/mol. The minimum Gasteiger partial charge on any atom is -0.398 e. The molecular weight excluding hydrogens is 295 g/mol. The van der Waals surface area contributed by atoms with E-state index in [9.17, 15) is 18.0 Å². The molecule has 1 amide bonds. The molecule has 3 N–H and O–H groups in total. The van der Waals surface area contributed by atoms with Gasteiger partial charge in [0, 0.05) is 5.69 Å². The van der Waals surface area contributed by atoms with Crippen molar-refractivity contribution in [3.63, 3.8) is 0 Å². The first-order valence-corrected chi connectivity index (χ1v) is 6.23. The molecule has 0 radical (unpaired) electrons. The second-order valence-corrected chi connectivity index (χ2v) is 4.41. The summed E-state index contributed by atoms with van der Waals surface area (Å²) in [5, 5.41) is 3.69. The highest BCUT2D eigenvalue weighted by molar-refractivity contribution is 5.99. The molecule has 0 saturated heterocycles. The molecule has 0 unspecified atom stereocenters. The maximum atomic E-state index is 12.4. The number of hydrogen-bond donors (Lipinski definition) is 2. The zero-order valence-corrected chi connectivity index (χ0v) is 11.3. The maximum Gasteiger partial charge on any atom is 0.416 e. The minimum atomic E-state index is -4.38. The summed E-state index contributed by atoms with van der Waals surface area (Å²) in [7, 11) is 0. The number of amides is 1. The largest absolute Gasteiger partial charge is 0.416 e. The van der Waals surface area contributed by atoms with Gasteiger partial charge in [-0.1, -0.05) is 24.3 Å². The molecule has 0 aromatic heterocycles. The number of alkyl halides is 3. The van der Waals surface area contributed by atoms with E-state index in [1.165, 1.54) is 24.4 Å². The summed E-state index contributed by atoms with van der Waals surface area (Å²) < 4.78 is 37.2. The molecule has 0 fully saturated rings. The summed E-state index contributed by atoms with van der Waals surface area (Å²) in [5.41, 5.74) is 8.16. The van der Waals surface area contributed by atoms with Crippen molar-refractivity contribution in [2.75, 3.05) is 5.73 Å². The molecule has 0 atom stereocenters. The highest BCUT2D eigenvalue weighted by Gasteiger charge is 2.29. The Morgan fingerprint density at radius 3 is 2.32 bits per heavy atom. The number of carbonyl (C=O) groups is 1. The van der Waals surface area contributed by atoms with E-state index in [4.69, 9.17) is 5.73 Å². The van der Waals surface area contributed by atoms with Gasteiger partial charge < -0.3 is 5.73 Å². The van der Waals surface area contributed by atoms with Crippen LogP contribution in [-0.2, 0) is 6.18 Å². The predicted molar refractivity (Wildman–Crippen MR) is 77.4 cm³/mol. The predicted octanol–water partition coefficient (Wildman–Crippen LogP) is 3.05. The van der Waals surface area contributed by atoms with Gasteiger partial charge in [-0.25, -0.2) is 5.43 Å². The lowest BCUT2D eigenvalue weighted by Gasteiger charge is -2.06. The van der Waals surface area contributed by atoms with Crippen molar-refractivity contribution in [3.8, 4) is 0 Å². The molecule has 114 valence electrons. The van der Waals surface area contributed by atoms with Crippen LogP contribution in [0.5, 0.6) is 0 Å². The third kappa shape index (κ3) is 3.85. The number of nitrogens with two attached hydrogens (primary N) is 1. The number of carbonyl (C=O) groups excluding carboxylic acids is 1. The molecule has 22 heavy (non-hydrogen) atoms. The third-order valence-corrected chi connectivity index (χ3v) is 2.82. The van der Waals surface area contributed by atoms with E-state index in [-0.39, 0.29) is 5.56 Å². The van der Waals surface area contributed by atoms with Gasteiger partial charge in [-0.15, -0.1) is 0 Å². The number of benzene rings is 2. The van der Waals surface area contributed by atoms with E-state index in [0.29, 0.717) is 11.3 Å². The van der Waals surface area contributed by atoms with Gasteiger partial charge in [-0.3, -0.25) is 4.79 Å². The fraction of sp³-hybridized carbons (Fsp3) is 0.0667. The van der Waals surface area contributed by atoms with Crippen LogP contribution in [0.15, 0.2) is 53.6 Å². The lowest BCUT2D eigenvalue weighted by molar-refractivity contribution is -0.137. The van der Waals surface area contributed by atoms with Crippen molar-refractivity contribution >= 4 is 17.8 Å². The third-order valence-electron chi connectivity index (χ3n) is 2.82. The smallest absolute Gasteiger partial charge is 0.398 e. The Morgan fingerprint density at radius 2 is 1.73 bits per heavy atom. The molecule has 0 aliphatic carbocycles. The van der Waals surface area contributed by atoms with Gasteiger partial charge in [0.25, 0.3) is 5.91 Å². The van der Waals surface area contributed by atoms with E-state index >= 15 is 0 Å². The van der Waals surface area contributed by atoms with Crippen LogP contribution in [0.25, 0.3) is 0 Å². The fourth-order valence-corrected chi connectivity index (χ4v) is 1.69. The highest BCUT2D eigenvalue weighted by Crippen LogP contribution is 2.28. The van der Waals surface area contributed by atoms with Crippen molar-refractivity contribution in [2.45, 2.75) is 6.18 Å². The topological polar surface area (TPSA) is 67.5 Å².